The Kier molecular flexibility index (Phi) is 5.14. The van der Waals surface area contributed by atoms with Crippen molar-refractivity contribution in [2.45, 2.75) is 12.5 Å². The standard InChI is InChI=1S/C19H15ClFNO3/c20-16-8-6-14(11-17(16)21)7-9-18(23)22-15(12-25-19(22)24)10-13-4-2-1-3-5-13/h1-9,11,15H,10,12H2/b9-7+/t15-/m0/s1. The maximum absolute atomic E-state index is 13.4. The molecule has 25 heavy (non-hydrogen) atoms. The number of amides is 2. The van der Waals surface area contributed by atoms with Gasteiger partial charge in [0.05, 0.1) is 11.1 Å². The number of ether oxygens (including phenoxy) is 1. The molecule has 0 bridgehead atoms. The number of carbonyl (C=O) groups excluding carboxylic acids is 2. The summed E-state index contributed by atoms with van der Waals surface area (Å²) in [5.74, 6) is -1.07. The minimum Gasteiger partial charge on any atom is -0.447 e. The number of benzene rings is 2. The van der Waals surface area contributed by atoms with Gasteiger partial charge in [-0.25, -0.2) is 14.1 Å². The van der Waals surface area contributed by atoms with Crippen LogP contribution in [0.1, 0.15) is 11.1 Å². The molecule has 2 aromatic rings. The zero-order valence-corrected chi connectivity index (χ0v) is 13.9. The van der Waals surface area contributed by atoms with E-state index in [4.69, 9.17) is 16.3 Å². The predicted octanol–water partition coefficient (Wildman–Crippen LogP) is 4.08. The zero-order valence-electron chi connectivity index (χ0n) is 13.2. The fourth-order valence-electron chi connectivity index (χ4n) is 2.63. The molecule has 1 heterocycles. The van der Waals surface area contributed by atoms with Crippen molar-refractivity contribution >= 4 is 29.7 Å². The molecule has 0 radical (unpaired) electrons. The van der Waals surface area contributed by atoms with Gasteiger partial charge in [-0.2, -0.15) is 0 Å². The summed E-state index contributed by atoms with van der Waals surface area (Å²) in [5, 5.41) is 0.00882. The van der Waals surface area contributed by atoms with E-state index in [2.05, 4.69) is 0 Å². The van der Waals surface area contributed by atoms with E-state index in [1.165, 1.54) is 24.3 Å². The van der Waals surface area contributed by atoms with E-state index >= 15 is 0 Å². The van der Waals surface area contributed by atoms with E-state index in [-0.39, 0.29) is 17.7 Å². The van der Waals surface area contributed by atoms with Crippen molar-refractivity contribution in [1.82, 2.24) is 4.90 Å². The van der Waals surface area contributed by atoms with Crippen LogP contribution < -0.4 is 0 Å². The second-order valence-electron chi connectivity index (χ2n) is 5.64. The molecule has 1 aliphatic heterocycles. The largest absolute Gasteiger partial charge is 0.447 e. The second-order valence-corrected chi connectivity index (χ2v) is 6.04. The van der Waals surface area contributed by atoms with E-state index in [0.29, 0.717) is 12.0 Å². The second kappa shape index (κ2) is 7.49. The number of nitrogens with zero attached hydrogens (tertiary/aromatic N) is 1. The monoisotopic (exact) mass is 359 g/mol. The van der Waals surface area contributed by atoms with Crippen LogP contribution in [0.25, 0.3) is 6.08 Å². The third-order valence-electron chi connectivity index (χ3n) is 3.87. The highest BCUT2D eigenvalue weighted by molar-refractivity contribution is 6.30. The number of hydrogen-bond acceptors (Lipinski definition) is 3. The fraction of sp³-hybridized carbons (Fsp3) is 0.158. The van der Waals surface area contributed by atoms with Crippen molar-refractivity contribution in [2.24, 2.45) is 0 Å². The van der Waals surface area contributed by atoms with Crippen molar-refractivity contribution in [3.8, 4) is 0 Å². The highest BCUT2D eigenvalue weighted by Crippen LogP contribution is 2.19. The number of halogens is 2. The smallest absolute Gasteiger partial charge is 0.417 e. The highest BCUT2D eigenvalue weighted by atomic mass is 35.5. The summed E-state index contributed by atoms with van der Waals surface area (Å²) in [5.41, 5.74) is 1.48. The normalized spacial score (nSPS) is 17.1. The van der Waals surface area contributed by atoms with Crippen molar-refractivity contribution in [2.75, 3.05) is 6.61 Å². The molecule has 3 rings (SSSR count). The van der Waals surface area contributed by atoms with E-state index in [1.807, 2.05) is 30.3 Å². The Morgan fingerprint density at radius 1 is 1.28 bits per heavy atom. The molecule has 1 aliphatic rings. The molecular weight excluding hydrogens is 345 g/mol. The van der Waals surface area contributed by atoms with Crippen LogP contribution in [0.4, 0.5) is 9.18 Å². The number of imide groups is 1. The van der Waals surface area contributed by atoms with Gasteiger partial charge >= 0.3 is 6.09 Å². The third-order valence-corrected chi connectivity index (χ3v) is 4.18. The van der Waals surface area contributed by atoms with Crippen LogP contribution in [0.15, 0.2) is 54.6 Å². The molecule has 0 spiro atoms. The summed E-state index contributed by atoms with van der Waals surface area (Å²) in [6.45, 7) is 0.156. The summed E-state index contributed by atoms with van der Waals surface area (Å²) < 4.78 is 18.4. The molecule has 4 nitrogen and oxygen atoms in total. The van der Waals surface area contributed by atoms with Crippen LogP contribution in [-0.2, 0) is 16.0 Å². The fourth-order valence-corrected chi connectivity index (χ4v) is 2.75. The average Bonchev–Trinajstić information content (AvgIpc) is 2.97. The lowest BCUT2D eigenvalue weighted by molar-refractivity contribution is -0.124. The topological polar surface area (TPSA) is 46.6 Å². The molecule has 0 unspecified atom stereocenters. The van der Waals surface area contributed by atoms with Gasteiger partial charge in [0.15, 0.2) is 0 Å². The first-order valence-corrected chi connectivity index (χ1v) is 8.09. The van der Waals surface area contributed by atoms with Gasteiger partial charge in [0, 0.05) is 6.08 Å². The maximum atomic E-state index is 13.4. The predicted molar refractivity (Wildman–Crippen MR) is 92.6 cm³/mol. The average molecular weight is 360 g/mol. The van der Waals surface area contributed by atoms with Crippen LogP contribution in [0.3, 0.4) is 0 Å². The Morgan fingerprint density at radius 2 is 2.04 bits per heavy atom. The Morgan fingerprint density at radius 3 is 2.76 bits per heavy atom. The lowest BCUT2D eigenvalue weighted by Gasteiger charge is -2.18. The molecule has 1 fully saturated rings. The number of hydrogen-bond donors (Lipinski definition) is 0. The van der Waals surface area contributed by atoms with Gasteiger partial charge in [0.2, 0.25) is 0 Å². The summed E-state index contributed by atoms with van der Waals surface area (Å²) in [6.07, 6.45) is 2.51. The Balaban J connectivity index is 1.73. The van der Waals surface area contributed by atoms with Crippen molar-refractivity contribution in [3.63, 3.8) is 0 Å². The van der Waals surface area contributed by atoms with Crippen molar-refractivity contribution < 1.29 is 18.7 Å². The molecule has 0 saturated carbocycles. The first kappa shape index (κ1) is 17.2. The molecule has 0 aliphatic carbocycles. The molecule has 0 N–H and O–H groups in total. The van der Waals surface area contributed by atoms with Gasteiger partial charge in [-0.15, -0.1) is 0 Å². The first-order chi connectivity index (χ1) is 12.0. The van der Waals surface area contributed by atoms with Gasteiger partial charge in [0.25, 0.3) is 5.91 Å². The van der Waals surface area contributed by atoms with Crippen LogP contribution in [0, 0.1) is 5.82 Å². The van der Waals surface area contributed by atoms with Gasteiger partial charge in [0.1, 0.15) is 12.4 Å². The molecule has 0 aromatic heterocycles. The van der Waals surface area contributed by atoms with E-state index in [0.717, 1.165) is 10.5 Å². The molecular formula is C19H15ClFNO3. The molecule has 1 atom stereocenters. The quantitative estimate of drug-likeness (QED) is 0.773. The Hall–Kier alpha value is -2.66. The third kappa shape index (κ3) is 4.06. The summed E-state index contributed by atoms with van der Waals surface area (Å²) in [4.78, 5) is 25.4. The minimum atomic E-state index is -0.669. The van der Waals surface area contributed by atoms with Gasteiger partial charge < -0.3 is 4.74 Å². The van der Waals surface area contributed by atoms with E-state index in [1.54, 1.807) is 6.07 Å². The highest BCUT2D eigenvalue weighted by Gasteiger charge is 2.36. The van der Waals surface area contributed by atoms with Crippen LogP contribution >= 0.6 is 11.6 Å². The Labute approximate surface area is 149 Å². The van der Waals surface area contributed by atoms with Crippen molar-refractivity contribution in [1.29, 1.82) is 0 Å². The Bertz CT molecular complexity index is 823. The lowest BCUT2D eigenvalue weighted by atomic mass is 10.1. The van der Waals surface area contributed by atoms with Crippen molar-refractivity contribution in [3.05, 3.63) is 76.6 Å². The minimum absolute atomic E-state index is 0.00882. The van der Waals surface area contributed by atoms with E-state index in [9.17, 15) is 14.0 Å². The lowest BCUT2D eigenvalue weighted by Crippen LogP contribution is -2.39. The van der Waals surface area contributed by atoms with Crippen LogP contribution in [0.2, 0.25) is 5.02 Å². The zero-order chi connectivity index (χ0) is 17.8. The number of rotatable bonds is 4. The van der Waals surface area contributed by atoms with E-state index < -0.39 is 17.8 Å². The molecule has 128 valence electrons. The van der Waals surface area contributed by atoms with Gasteiger partial charge in [-0.05, 0) is 35.8 Å². The molecule has 2 aromatic carbocycles. The number of cyclic esters (lactones) is 1. The number of carbonyl (C=O) groups is 2. The summed E-state index contributed by atoms with van der Waals surface area (Å²) >= 11 is 5.63. The summed E-state index contributed by atoms with van der Waals surface area (Å²) in [7, 11) is 0. The maximum Gasteiger partial charge on any atom is 0.417 e. The SMILES string of the molecule is O=C(/C=C/c1ccc(Cl)c(F)c1)N1C(=O)OC[C@@H]1Cc1ccccc1. The van der Waals surface area contributed by atoms with Gasteiger partial charge in [-0.1, -0.05) is 48.0 Å². The van der Waals surface area contributed by atoms with Crippen LogP contribution in [0.5, 0.6) is 0 Å². The summed E-state index contributed by atoms with van der Waals surface area (Å²) in [6, 6.07) is 13.4. The first-order valence-electron chi connectivity index (χ1n) is 7.71. The molecule has 6 heteroatoms. The van der Waals surface area contributed by atoms with Crippen LogP contribution in [-0.4, -0.2) is 29.5 Å². The molecule has 1 saturated heterocycles. The van der Waals surface area contributed by atoms with Gasteiger partial charge in [-0.3, -0.25) is 4.79 Å². The molecule has 2 amide bonds.